The summed E-state index contributed by atoms with van der Waals surface area (Å²) in [5.41, 5.74) is -0.650. The molecule has 24 heavy (non-hydrogen) atoms. The first-order chi connectivity index (χ1) is 11.2. The molecule has 4 aliphatic rings. The molecule has 0 heterocycles. The van der Waals surface area contributed by atoms with E-state index in [4.69, 9.17) is 0 Å². The molecule has 4 aliphatic carbocycles. The van der Waals surface area contributed by atoms with Crippen molar-refractivity contribution in [3.8, 4) is 0 Å². The highest BCUT2D eigenvalue weighted by Gasteiger charge is 2.61. The molecule has 0 amide bonds. The van der Waals surface area contributed by atoms with Crippen molar-refractivity contribution in [1.29, 1.82) is 0 Å². The van der Waals surface area contributed by atoms with Crippen LogP contribution in [-0.4, -0.2) is 27.7 Å². The van der Waals surface area contributed by atoms with E-state index in [9.17, 15) is 15.0 Å². The standard InChI is InChI=1S/C21H34O3/c1-13(22)21(24)11-10-19(2)14(12-21)4-5-15-16-6-7-18(23)20(16,3)9-8-17(15)19/h14-18,23-24H,4-12H2,1-3H3/t14-,15+,16-,17+,18-,19-,20-,21-/m0/s1. The van der Waals surface area contributed by atoms with Crippen LogP contribution < -0.4 is 0 Å². The summed E-state index contributed by atoms with van der Waals surface area (Å²) in [7, 11) is 0. The molecule has 0 radical (unpaired) electrons. The summed E-state index contributed by atoms with van der Waals surface area (Å²) in [5, 5.41) is 21.3. The maximum Gasteiger partial charge on any atom is 0.161 e. The third-order valence-electron chi connectivity index (χ3n) is 9.33. The number of rotatable bonds is 1. The summed E-state index contributed by atoms with van der Waals surface area (Å²) in [5.74, 6) is 2.58. The highest BCUT2D eigenvalue weighted by atomic mass is 16.3. The van der Waals surface area contributed by atoms with E-state index in [1.165, 1.54) is 19.3 Å². The van der Waals surface area contributed by atoms with Crippen molar-refractivity contribution in [2.45, 2.75) is 90.3 Å². The van der Waals surface area contributed by atoms with Gasteiger partial charge in [-0.15, -0.1) is 0 Å². The molecular weight excluding hydrogens is 300 g/mol. The maximum absolute atomic E-state index is 11.9. The zero-order chi connectivity index (χ0) is 17.3. The van der Waals surface area contributed by atoms with Gasteiger partial charge in [0.15, 0.2) is 5.78 Å². The van der Waals surface area contributed by atoms with Gasteiger partial charge in [0.1, 0.15) is 5.60 Å². The SMILES string of the molecule is CC(=O)[C@]1(O)CC[C@@]2(C)[C@@H](CC[C@H]3[C@H]2CC[C@]2(C)[C@@H](O)CC[C@@H]32)C1. The molecule has 0 aromatic rings. The number of fused-ring (bicyclic) bond motifs is 5. The number of carbonyl (C=O) groups excluding carboxylic acids is 1. The molecule has 4 saturated carbocycles. The van der Waals surface area contributed by atoms with Crippen LogP contribution in [0.4, 0.5) is 0 Å². The number of carbonyl (C=O) groups is 1. The fraction of sp³-hybridized carbons (Fsp3) is 0.952. The second kappa shape index (κ2) is 5.30. The molecule has 4 fully saturated rings. The average molecular weight is 335 g/mol. The molecule has 0 aromatic carbocycles. The van der Waals surface area contributed by atoms with Gasteiger partial charge >= 0.3 is 0 Å². The number of aliphatic hydroxyl groups is 2. The monoisotopic (exact) mass is 334 g/mol. The Labute approximate surface area is 146 Å². The van der Waals surface area contributed by atoms with Crippen molar-refractivity contribution >= 4 is 5.78 Å². The lowest BCUT2D eigenvalue weighted by Gasteiger charge is -2.61. The fourth-order valence-electron chi connectivity index (χ4n) is 7.54. The van der Waals surface area contributed by atoms with Gasteiger partial charge in [0, 0.05) is 0 Å². The molecule has 0 saturated heterocycles. The lowest BCUT2D eigenvalue weighted by Crippen LogP contribution is -2.57. The zero-order valence-electron chi connectivity index (χ0n) is 15.6. The minimum absolute atomic E-state index is 0.0400. The molecular formula is C21H34O3. The lowest BCUT2D eigenvalue weighted by atomic mass is 9.44. The maximum atomic E-state index is 11.9. The predicted molar refractivity (Wildman–Crippen MR) is 93.4 cm³/mol. The number of aliphatic hydroxyl groups excluding tert-OH is 1. The summed E-state index contributed by atoms with van der Waals surface area (Å²) in [6, 6.07) is 0. The van der Waals surface area contributed by atoms with E-state index in [1.807, 2.05) is 0 Å². The Balaban J connectivity index is 1.60. The van der Waals surface area contributed by atoms with Crippen LogP contribution >= 0.6 is 0 Å². The van der Waals surface area contributed by atoms with Crippen LogP contribution in [0.5, 0.6) is 0 Å². The number of Topliss-reactive ketones (excluding diaryl/α,β-unsaturated/α-hetero) is 1. The van der Waals surface area contributed by atoms with Gasteiger partial charge in [-0.1, -0.05) is 13.8 Å². The summed E-state index contributed by atoms with van der Waals surface area (Å²) in [6.07, 6.45) is 9.12. The molecule has 2 N–H and O–H groups in total. The Kier molecular flexibility index (Phi) is 3.76. The topological polar surface area (TPSA) is 57.5 Å². The first kappa shape index (κ1) is 17.0. The van der Waals surface area contributed by atoms with Crippen molar-refractivity contribution in [3.05, 3.63) is 0 Å². The van der Waals surface area contributed by atoms with Crippen LogP contribution in [0.1, 0.15) is 78.6 Å². The van der Waals surface area contributed by atoms with Crippen LogP contribution in [0.15, 0.2) is 0 Å². The molecule has 0 spiro atoms. The second-order valence-corrected chi connectivity index (χ2v) is 10.1. The molecule has 4 rings (SSSR count). The predicted octanol–water partition coefficient (Wildman–Crippen LogP) is 3.71. The van der Waals surface area contributed by atoms with E-state index in [0.717, 1.165) is 37.5 Å². The van der Waals surface area contributed by atoms with Crippen molar-refractivity contribution in [2.75, 3.05) is 0 Å². The normalized spacial score (nSPS) is 57.0. The zero-order valence-corrected chi connectivity index (χ0v) is 15.6. The molecule has 8 atom stereocenters. The second-order valence-electron chi connectivity index (χ2n) is 10.1. The third kappa shape index (κ3) is 2.13. The lowest BCUT2D eigenvalue weighted by molar-refractivity contribution is -0.166. The third-order valence-corrected chi connectivity index (χ3v) is 9.33. The quantitative estimate of drug-likeness (QED) is 0.768. The van der Waals surface area contributed by atoms with Gasteiger partial charge in [0.25, 0.3) is 0 Å². The van der Waals surface area contributed by atoms with E-state index >= 15 is 0 Å². The summed E-state index contributed by atoms with van der Waals surface area (Å²) < 4.78 is 0. The van der Waals surface area contributed by atoms with Gasteiger partial charge in [-0.05, 0) is 99.2 Å². The van der Waals surface area contributed by atoms with Crippen molar-refractivity contribution in [2.24, 2.45) is 34.5 Å². The molecule has 136 valence electrons. The highest BCUT2D eigenvalue weighted by Crippen LogP contribution is 2.66. The van der Waals surface area contributed by atoms with Gasteiger partial charge in [0.05, 0.1) is 6.10 Å². The Morgan fingerprint density at radius 1 is 0.917 bits per heavy atom. The molecule has 3 nitrogen and oxygen atoms in total. The van der Waals surface area contributed by atoms with Gasteiger partial charge in [-0.3, -0.25) is 4.79 Å². The fourth-order valence-corrected chi connectivity index (χ4v) is 7.54. The Morgan fingerprint density at radius 3 is 2.33 bits per heavy atom. The minimum atomic E-state index is -1.07. The van der Waals surface area contributed by atoms with Crippen molar-refractivity contribution < 1.29 is 15.0 Å². The molecule has 3 heteroatoms. The average Bonchev–Trinajstić information content (AvgIpc) is 2.84. The number of hydrogen-bond donors (Lipinski definition) is 2. The molecule has 0 unspecified atom stereocenters. The van der Waals surface area contributed by atoms with Crippen LogP contribution in [-0.2, 0) is 4.79 Å². The smallest absolute Gasteiger partial charge is 0.161 e. The van der Waals surface area contributed by atoms with Crippen LogP contribution in [0.3, 0.4) is 0 Å². The Bertz CT molecular complexity index is 545. The largest absolute Gasteiger partial charge is 0.393 e. The van der Waals surface area contributed by atoms with E-state index in [-0.39, 0.29) is 22.7 Å². The van der Waals surface area contributed by atoms with Crippen LogP contribution in [0.25, 0.3) is 0 Å². The van der Waals surface area contributed by atoms with Crippen molar-refractivity contribution in [1.82, 2.24) is 0 Å². The van der Waals surface area contributed by atoms with Crippen LogP contribution in [0, 0.1) is 34.5 Å². The first-order valence-electron chi connectivity index (χ1n) is 10.1. The molecule has 0 bridgehead atoms. The summed E-state index contributed by atoms with van der Waals surface area (Å²) in [6.45, 7) is 6.33. The number of ketones is 1. The van der Waals surface area contributed by atoms with Gasteiger partial charge < -0.3 is 10.2 Å². The van der Waals surface area contributed by atoms with Crippen molar-refractivity contribution in [3.63, 3.8) is 0 Å². The van der Waals surface area contributed by atoms with Crippen LogP contribution in [0.2, 0.25) is 0 Å². The van der Waals surface area contributed by atoms with E-state index in [2.05, 4.69) is 13.8 Å². The Hall–Kier alpha value is -0.410. The highest BCUT2D eigenvalue weighted by molar-refractivity contribution is 5.84. The van der Waals surface area contributed by atoms with E-state index in [1.54, 1.807) is 6.92 Å². The summed E-state index contributed by atoms with van der Waals surface area (Å²) >= 11 is 0. The molecule has 0 aromatic heterocycles. The minimum Gasteiger partial charge on any atom is -0.393 e. The first-order valence-corrected chi connectivity index (χ1v) is 10.1. The summed E-state index contributed by atoms with van der Waals surface area (Å²) in [4.78, 5) is 11.9. The molecule has 0 aliphatic heterocycles. The van der Waals surface area contributed by atoms with Gasteiger partial charge in [-0.2, -0.15) is 0 Å². The van der Waals surface area contributed by atoms with E-state index < -0.39 is 5.60 Å². The van der Waals surface area contributed by atoms with Gasteiger partial charge in [-0.25, -0.2) is 0 Å². The Morgan fingerprint density at radius 2 is 1.62 bits per heavy atom. The van der Waals surface area contributed by atoms with E-state index in [0.29, 0.717) is 24.7 Å². The number of hydrogen-bond acceptors (Lipinski definition) is 3. The van der Waals surface area contributed by atoms with Gasteiger partial charge in [0.2, 0.25) is 0 Å².